The number of likely N-dealkylation sites (N-methyl/N-ethyl adjacent to an activating group) is 1. The molecule has 0 saturated carbocycles. The molecule has 0 aliphatic carbocycles. The smallest absolute Gasteiger partial charge is 0.321 e. The van der Waals surface area contributed by atoms with Crippen LogP contribution in [0.25, 0.3) is 10.9 Å². The Morgan fingerprint density at radius 2 is 1.76 bits per heavy atom. The molecule has 2 atom stereocenters. The van der Waals surface area contributed by atoms with E-state index in [4.69, 9.17) is 9.84 Å². The van der Waals surface area contributed by atoms with E-state index in [-0.39, 0.29) is 17.9 Å². The number of amides is 1. The van der Waals surface area contributed by atoms with E-state index in [0.717, 1.165) is 29.3 Å². The number of aryl methyl sites for hydroxylation is 1. The molecule has 0 aliphatic rings. The number of rotatable bonds is 14. The van der Waals surface area contributed by atoms with Gasteiger partial charge in [-0.15, -0.1) is 0 Å². The predicted octanol–water partition coefficient (Wildman–Crippen LogP) is 4.44. The third-order valence-electron chi connectivity index (χ3n) is 6.32. The molecule has 1 aromatic heterocycles. The van der Waals surface area contributed by atoms with Crippen molar-refractivity contribution < 1.29 is 24.2 Å². The van der Waals surface area contributed by atoms with Gasteiger partial charge in [-0.25, -0.2) is 0 Å². The highest BCUT2D eigenvalue weighted by Gasteiger charge is 2.23. The number of aromatic amines is 1. The molecule has 1 heterocycles. The van der Waals surface area contributed by atoms with Crippen LogP contribution in [-0.4, -0.2) is 65.1 Å². The fourth-order valence-electron chi connectivity index (χ4n) is 4.17. The van der Waals surface area contributed by atoms with E-state index >= 15 is 0 Å². The Morgan fingerprint density at radius 3 is 2.37 bits per heavy atom. The number of nitrogens with one attached hydrogen (secondary N) is 2. The molecule has 0 aliphatic heterocycles. The number of hydrogen-bond donors (Lipinski definition) is 3. The number of nitrogens with zero attached hydrogens (tertiary/aromatic N) is 1. The Morgan fingerprint density at radius 1 is 1.08 bits per heavy atom. The molecule has 2 aromatic carbocycles. The van der Waals surface area contributed by atoms with E-state index in [1.165, 1.54) is 5.56 Å². The zero-order valence-corrected chi connectivity index (χ0v) is 22.9. The lowest BCUT2D eigenvalue weighted by Gasteiger charge is -2.26. The van der Waals surface area contributed by atoms with Crippen molar-refractivity contribution in [1.29, 1.82) is 0 Å². The number of ether oxygens (including phenoxy) is 1. The SMILES string of the molecule is CCN[C@@H](Cc1c[nH]c2ccccc12)C(=O)O.CCOC(=O)C(CCc1ccccc1)CN(C=O)C(C)C. The highest BCUT2D eigenvalue weighted by atomic mass is 16.5. The molecule has 38 heavy (non-hydrogen) atoms. The maximum absolute atomic E-state index is 12.1. The molecular weight excluding hydrogens is 482 g/mol. The lowest BCUT2D eigenvalue weighted by Crippen LogP contribution is -2.38. The maximum Gasteiger partial charge on any atom is 0.321 e. The summed E-state index contributed by atoms with van der Waals surface area (Å²) in [5, 5.41) is 13.2. The van der Waals surface area contributed by atoms with Gasteiger partial charge in [0.15, 0.2) is 0 Å². The lowest BCUT2D eigenvalue weighted by atomic mass is 9.98. The number of esters is 1. The van der Waals surface area contributed by atoms with E-state index in [9.17, 15) is 14.4 Å². The number of carboxylic acids is 1. The second-order valence-electron chi connectivity index (χ2n) is 9.38. The van der Waals surface area contributed by atoms with Gasteiger partial charge in [0.05, 0.1) is 12.5 Å². The zero-order valence-electron chi connectivity index (χ0n) is 22.9. The third kappa shape index (κ3) is 9.67. The van der Waals surface area contributed by atoms with Crippen LogP contribution in [0.3, 0.4) is 0 Å². The van der Waals surface area contributed by atoms with Crippen molar-refractivity contribution in [1.82, 2.24) is 15.2 Å². The van der Waals surface area contributed by atoms with Gasteiger partial charge < -0.3 is 25.0 Å². The molecule has 0 bridgehead atoms. The summed E-state index contributed by atoms with van der Waals surface area (Å²) in [6.07, 6.45) is 4.67. The van der Waals surface area contributed by atoms with Crippen LogP contribution in [0.4, 0.5) is 0 Å². The third-order valence-corrected chi connectivity index (χ3v) is 6.32. The van der Waals surface area contributed by atoms with Crippen molar-refractivity contribution in [2.75, 3.05) is 19.7 Å². The van der Waals surface area contributed by atoms with Crippen LogP contribution < -0.4 is 5.32 Å². The molecule has 0 fully saturated rings. The fourth-order valence-corrected chi connectivity index (χ4v) is 4.17. The Kier molecular flexibility index (Phi) is 13.1. The summed E-state index contributed by atoms with van der Waals surface area (Å²) in [5.74, 6) is -1.31. The van der Waals surface area contributed by atoms with Gasteiger partial charge in [-0.05, 0) is 57.4 Å². The van der Waals surface area contributed by atoms with Gasteiger partial charge in [0.2, 0.25) is 6.41 Å². The first kappa shape index (κ1) is 30.6. The van der Waals surface area contributed by atoms with Crippen LogP contribution in [0.1, 0.15) is 45.2 Å². The largest absolute Gasteiger partial charge is 0.480 e. The lowest BCUT2D eigenvalue weighted by molar-refractivity contribution is -0.149. The molecule has 0 radical (unpaired) electrons. The summed E-state index contributed by atoms with van der Waals surface area (Å²) in [6, 6.07) is 17.5. The van der Waals surface area contributed by atoms with E-state index < -0.39 is 12.0 Å². The summed E-state index contributed by atoms with van der Waals surface area (Å²) in [4.78, 5) is 39.1. The molecule has 206 valence electrons. The number of hydrogen-bond acceptors (Lipinski definition) is 5. The van der Waals surface area contributed by atoms with Crippen LogP contribution in [0, 0.1) is 5.92 Å². The number of carbonyl (C=O) groups is 3. The quantitative estimate of drug-likeness (QED) is 0.213. The van der Waals surface area contributed by atoms with E-state index in [2.05, 4.69) is 10.3 Å². The normalized spacial score (nSPS) is 12.3. The van der Waals surface area contributed by atoms with Gasteiger partial charge >= 0.3 is 11.9 Å². The summed E-state index contributed by atoms with van der Waals surface area (Å²) in [6.45, 7) is 9.01. The minimum atomic E-state index is -0.808. The van der Waals surface area contributed by atoms with Gasteiger partial charge in [-0.1, -0.05) is 55.5 Å². The van der Waals surface area contributed by atoms with Crippen LogP contribution in [-0.2, 0) is 32.0 Å². The summed E-state index contributed by atoms with van der Waals surface area (Å²) < 4.78 is 5.14. The Labute approximate surface area is 225 Å². The van der Waals surface area contributed by atoms with Gasteiger partial charge in [0.25, 0.3) is 0 Å². The van der Waals surface area contributed by atoms with E-state index in [1.807, 2.05) is 81.6 Å². The molecule has 1 amide bonds. The van der Waals surface area contributed by atoms with Crippen molar-refractivity contribution in [2.45, 2.75) is 59.0 Å². The minimum Gasteiger partial charge on any atom is -0.480 e. The highest BCUT2D eigenvalue weighted by Crippen LogP contribution is 2.19. The second-order valence-corrected chi connectivity index (χ2v) is 9.38. The van der Waals surface area contributed by atoms with Crippen molar-refractivity contribution in [3.05, 3.63) is 71.9 Å². The number of benzene rings is 2. The zero-order chi connectivity index (χ0) is 27.9. The van der Waals surface area contributed by atoms with Crippen LogP contribution >= 0.6 is 0 Å². The number of fused-ring (bicyclic) bond motifs is 1. The average molecular weight is 524 g/mol. The predicted molar refractivity (Wildman–Crippen MR) is 150 cm³/mol. The van der Waals surface area contributed by atoms with Gasteiger partial charge in [-0.3, -0.25) is 14.4 Å². The van der Waals surface area contributed by atoms with Crippen molar-refractivity contribution >= 4 is 29.3 Å². The molecule has 1 unspecified atom stereocenters. The van der Waals surface area contributed by atoms with E-state index in [0.29, 0.717) is 32.5 Å². The molecule has 3 N–H and O–H groups in total. The topological polar surface area (TPSA) is 112 Å². The number of aromatic nitrogens is 1. The second kappa shape index (κ2) is 16.2. The number of aliphatic carboxylic acids is 1. The number of carbonyl (C=O) groups excluding carboxylic acids is 2. The molecular formula is C30H41N3O5. The first-order chi connectivity index (χ1) is 18.3. The first-order valence-electron chi connectivity index (χ1n) is 13.2. The molecule has 8 nitrogen and oxygen atoms in total. The van der Waals surface area contributed by atoms with Crippen LogP contribution in [0.2, 0.25) is 0 Å². The standard InChI is InChI=1S/C17H25NO3.C13H16N2O2/c1-4-21-17(20)16(12-18(13-19)14(2)3)11-10-15-8-6-5-7-9-15;1-2-14-12(13(16)17)7-9-8-15-11-6-4-3-5-10(9)11/h5-9,13-14,16H,4,10-12H2,1-3H3;3-6,8,12,14-15H,2,7H2,1H3,(H,16,17)/t;12-/m.0/s1. The van der Waals surface area contributed by atoms with Crippen molar-refractivity contribution in [2.24, 2.45) is 5.92 Å². The number of para-hydroxylation sites is 1. The average Bonchev–Trinajstić information content (AvgIpc) is 3.32. The Hall–Kier alpha value is -3.65. The fraction of sp³-hybridized carbons (Fsp3) is 0.433. The summed E-state index contributed by atoms with van der Waals surface area (Å²) in [5.41, 5.74) is 3.27. The molecule has 8 heteroatoms. The number of H-pyrrole nitrogens is 1. The summed E-state index contributed by atoms with van der Waals surface area (Å²) in [7, 11) is 0. The van der Waals surface area contributed by atoms with Gasteiger partial charge in [0, 0.05) is 36.1 Å². The monoisotopic (exact) mass is 523 g/mol. The Bertz CT molecular complexity index is 1130. The molecule has 3 aromatic rings. The highest BCUT2D eigenvalue weighted by molar-refractivity contribution is 5.84. The van der Waals surface area contributed by atoms with Gasteiger partial charge in [0.1, 0.15) is 6.04 Å². The Balaban J connectivity index is 0.000000272. The van der Waals surface area contributed by atoms with Crippen molar-refractivity contribution in [3.8, 4) is 0 Å². The van der Waals surface area contributed by atoms with Crippen LogP contribution in [0.5, 0.6) is 0 Å². The first-order valence-corrected chi connectivity index (χ1v) is 13.2. The van der Waals surface area contributed by atoms with Crippen molar-refractivity contribution in [3.63, 3.8) is 0 Å². The molecule has 0 spiro atoms. The van der Waals surface area contributed by atoms with Gasteiger partial charge in [-0.2, -0.15) is 0 Å². The number of carboxylic acid groups (broad SMARTS) is 1. The van der Waals surface area contributed by atoms with E-state index in [1.54, 1.807) is 11.8 Å². The maximum atomic E-state index is 12.1. The molecule has 0 saturated heterocycles. The molecule has 3 rings (SSSR count). The van der Waals surface area contributed by atoms with Crippen LogP contribution in [0.15, 0.2) is 60.8 Å². The minimum absolute atomic E-state index is 0.0798. The summed E-state index contributed by atoms with van der Waals surface area (Å²) >= 11 is 0.